The van der Waals surface area contributed by atoms with Crippen LogP contribution < -0.4 is 0 Å². The molecular weight excluding hydrogens is 181 g/mol. The quantitative estimate of drug-likeness (QED) is 0.677. The van der Waals surface area contributed by atoms with E-state index in [0.29, 0.717) is 0 Å². The molecule has 0 amide bonds. The van der Waals surface area contributed by atoms with Gasteiger partial charge in [-0.15, -0.1) is 0 Å². The van der Waals surface area contributed by atoms with Crippen LogP contribution in [0.4, 0.5) is 13.2 Å². The topological polar surface area (TPSA) is 20.2 Å². The molecule has 0 fully saturated rings. The van der Waals surface area contributed by atoms with Gasteiger partial charge in [0.15, 0.2) is 0 Å². The van der Waals surface area contributed by atoms with Crippen molar-refractivity contribution in [1.29, 1.82) is 0 Å². The second kappa shape index (κ2) is 3.19. The van der Waals surface area contributed by atoms with Crippen molar-refractivity contribution in [3.05, 3.63) is 0 Å². The Morgan fingerprint density at radius 3 is 1.91 bits per heavy atom. The van der Waals surface area contributed by atoms with Crippen LogP contribution in [0, 0.1) is 5.41 Å². The molecule has 1 nitrogen and oxygen atoms in total. The van der Waals surface area contributed by atoms with Crippen LogP contribution in [-0.2, 0) is 0 Å². The highest BCUT2D eigenvalue weighted by molar-refractivity contribution is 6.20. The van der Waals surface area contributed by atoms with Crippen LogP contribution in [0.15, 0.2) is 0 Å². The molecule has 1 N–H and O–H groups in total. The van der Waals surface area contributed by atoms with E-state index >= 15 is 0 Å². The summed E-state index contributed by atoms with van der Waals surface area (Å²) in [6.07, 6.45) is 0. The smallest absolute Gasteiger partial charge is 0.299 e. The molecule has 1 unspecified atom stereocenters. The molecule has 0 aliphatic rings. The fourth-order valence-corrected chi connectivity index (χ4v) is 0.696. The van der Waals surface area contributed by atoms with Crippen molar-refractivity contribution < 1.29 is 18.3 Å². The van der Waals surface area contributed by atoms with Crippen molar-refractivity contribution in [2.75, 3.05) is 6.61 Å². The molecule has 5 heteroatoms. The van der Waals surface area contributed by atoms with E-state index in [1.54, 1.807) is 0 Å². The van der Waals surface area contributed by atoms with Gasteiger partial charge in [-0.2, -0.15) is 0 Å². The lowest BCUT2D eigenvalue weighted by atomic mass is 9.87. The number of alkyl halides is 4. The fourth-order valence-electron chi connectivity index (χ4n) is 0.401. The molecular formula is C6H10ClF3O. The van der Waals surface area contributed by atoms with E-state index < -0.39 is 23.6 Å². The zero-order valence-electron chi connectivity index (χ0n) is 6.24. The summed E-state index contributed by atoms with van der Waals surface area (Å²) in [7, 11) is 0. The highest BCUT2D eigenvalue weighted by Gasteiger charge is 2.52. The van der Waals surface area contributed by atoms with E-state index in [2.05, 4.69) is 11.6 Å². The first-order chi connectivity index (χ1) is 4.75. The molecule has 11 heavy (non-hydrogen) atoms. The van der Waals surface area contributed by atoms with Gasteiger partial charge in [0, 0.05) is 0 Å². The highest BCUT2D eigenvalue weighted by Crippen LogP contribution is 2.41. The van der Waals surface area contributed by atoms with Gasteiger partial charge in [-0.3, -0.25) is 0 Å². The van der Waals surface area contributed by atoms with Gasteiger partial charge in [0.25, 0.3) is 5.92 Å². The Kier molecular flexibility index (Phi) is 3.20. The first-order valence-electron chi connectivity index (χ1n) is 3.02. The van der Waals surface area contributed by atoms with Gasteiger partial charge < -0.3 is 5.11 Å². The Morgan fingerprint density at radius 1 is 1.45 bits per heavy atom. The highest BCUT2D eigenvalue weighted by atomic mass is 35.5. The fraction of sp³-hybridized carbons (Fsp3) is 1.00. The monoisotopic (exact) mass is 190 g/mol. The van der Waals surface area contributed by atoms with Crippen LogP contribution in [0.5, 0.6) is 0 Å². The number of aliphatic hydroxyl groups is 1. The number of rotatable bonds is 3. The maximum absolute atomic E-state index is 12.7. The lowest BCUT2D eigenvalue weighted by Crippen LogP contribution is -2.44. The molecule has 0 aromatic carbocycles. The van der Waals surface area contributed by atoms with Crippen molar-refractivity contribution >= 4 is 11.6 Å². The lowest BCUT2D eigenvalue weighted by molar-refractivity contribution is -0.149. The average molecular weight is 191 g/mol. The number of hydrogen-bond acceptors (Lipinski definition) is 1. The second-order valence-corrected chi connectivity index (χ2v) is 3.35. The molecule has 0 bridgehead atoms. The Labute approximate surface area is 68.2 Å². The standard InChI is InChI=1S/C6H10ClF3O/c1-5(2,3-11)6(9,10)4(7)8/h4,11H,3H2,1-2H3. The minimum Gasteiger partial charge on any atom is -0.396 e. The first-order valence-corrected chi connectivity index (χ1v) is 3.46. The molecule has 1 atom stereocenters. The van der Waals surface area contributed by atoms with E-state index in [9.17, 15) is 13.2 Å². The molecule has 0 saturated heterocycles. The molecule has 0 aliphatic heterocycles. The number of aliphatic hydroxyl groups excluding tert-OH is 1. The molecule has 0 rings (SSSR count). The predicted molar refractivity (Wildman–Crippen MR) is 36.6 cm³/mol. The van der Waals surface area contributed by atoms with Gasteiger partial charge in [-0.25, -0.2) is 13.2 Å². The largest absolute Gasteiger partial charge is 0.396 e. The molecule has 0 spiro atoms. The van der Waals surface area contributed by atoms with E-state index in [4.69, 9.17) is 5.11 Å². The molecule has 68 valence electrons. The van der Waals surface area contributed by atoms with Gasteiger partial charge in [0.05, 0.1) is 12.0 Å². The van der Waals surface area contributed by atoms with Crippen molar-refractivity contribution in [3.63, 3.8) is 0 Å². The zero-order chi connectivity index (χ0) is 9.28. The summed E-state index contributed by atoms with van der Waals surface area (Å²) >= 11 is 4.60. The SMILES string of the molecule is CC(C)(CO)C(F)(F)C(F)Cl. The lowest BCUT2D eigenvalue weighted by Gasteiger charge is -2.31. The third kappa shape index (κ3) is 1.99. The molecule has 0 aromatic rings. The molecule has 0 radical (unpaired) electrons. The Morgan fingerprint density at radius 2 is 1.82 bits per heavy atom. The zero-order valence-corrected chi connectivity index (χ0v) is 7.00. The Hall–Kier alpha value is 0.0400. The van der Waals surface area contributed by atoms with Crippen LogP contribution in [0.3, 0.4) is 0 Å². The molecule has 0 aromatic heterocycles. The van der Waals surface area contributed by atoms with Gasteiger partial charge in [0.2, 0.25) is 5.63 Å². The number of halogens is 4. The summed E-state index contributed by atoms with van der Waals surface area (Å²) in [6.45, 7) is 1.27. The van der Waals surface area contributed by atoms with E-state index in [-0.39, 0.29) is 0 Å². The molecule has 0 saturated carbocycles. The van der Waals surface area contributed by atoms with Crippen molar-refractivity contribution in [1.82, 2.24) is 0 Å². The van der Waals surface area contributed by atoms with Crippen LogP contribution in [0.25, 0.3) is 0 Å². The molecule has 0 heterocycles. The maximum atomic E-state index is 12.7. The van der Waals surface area contributed by atoms with Gasteiger partial charge in [-0.1, -0.05) is 25.4 Å². The molecule has 0 aliphatic carbocycles. The van der Waals surface area contributed by atoms with Gasteiger partial charge >= 0.3 is 0 Å². The summed E-state index contributed by atoms with van der Waals surface area (Å²) in [4.78, 5) is 0. The van der Waals surface area contributed by atoms with Gasteiger partial charge in [-0.05, 0) is 0 Å². The van der Waals surface area contributed by atoms with Crippen molar-refractivity contribution in [2.24, 2.45) is 5.41 Å². The summed E-state index contributed by atoms with van der Waals surface area (Å²) in [6, 6.07) is 0. The van der Waals surface area contributed by atoms with Crippen LogP contribution in [-0.4, -0.2) is 23.3 Å². The Balaban J connectivity index is 4.53. The Bertz CT molecular complexity index is 136. The minimum atomic E-state index is -3.71. The van der Waals surface area contributed by atoms with Crippen molar-refractivity contribution in [2.45, 2.75) is 25.4 Å². The van der Waals surface area contributed by atoms with Crippen LogP contribution >= 0.6 is 11.6 Å². The van der Waals surface area contributed by atoms with E-state index in [1.165, 1.54) is 0 Å². The second-order valence-electron chi connectivity index (χ2n) is 2.97. The van der Waals surface area contributed by atoms with Crippen LogP contribution in [0.1, 0.15) is 13.8 Å². The minimum absolute atomic E-state index is 0.812. The van der Waals surface area contributed by atoms with Crippen LogP contribution in [0.2, 0.25) is 0 Å². The predicted octanol–water partition coefficient (Wildman–Crippen LogP) is 2.17. The first kappa shape index (κ1) is 11.0. The maximum Gasteiger partial charge on any atom is 0.299 e. The summed E-state index contributed by atoms with van der Waals surface area (Å²) in [5.74, 6) is -3.71. The number of hydrogen-bond donors (Lipinski definition) is 1. The van der Waals surface area contributed by atoms with E-state index in [0.717, 1.165) is 13.8 Å². The van der Waals surface area contributed by atoms with Gasteiger partial charge in [0.1, 0.15) is 0 Å². The third-order valence-electron chi connectivity index (χ3n) is 1.57. The summed E-state index contributed by atoms with van der Waals surface area (Å²) in [5.41, 5.74) is -4.58. The normalized spacial score (nSPS) is 16.6. The summed E-state index contributed by atoms with van der Waals surface area (Å²) in [5, 5.41) is 8.47. The van der Waals surface area contributed by atoms with Crippen molar-refractivity contribution in [3.8, 4) is 0 Å². The summed E-state index contributed by atoms with van der Waals surface area (Å²) < 4.78 is 37.4. The third-order valence-corrected chi connectivity index (χ3v) is 1.85. The average Bonchev–Trinajstić information content (AvgIpc) is 1.87. The van der Waals surface area contributed by atoms with E-state index in [1.807, 2.05) is 0 Å².